The van der Waals surface area contributed by atoms with Crippen molar-refractivity contribution in [1.82, 2.24) is 5.32 Å². The number of amides is 2. The molecule has 1 N–H and O–H groups in total. The lowest BCUT2D eigenvalue weighted by molar-refractivity contribution is -0.120. The molecule has 4 rings (SSSR count). The van der Waals surface area contributed by atoms with Gasteiger partial charge in [0.2, 0.25) is 5.91 Å². The van der Waals surface area contributed by atoms with Gasteiger partial charge in [-0.1, -0.05) is 48.5 Å². The van der Waals surface area contributed by atoms with E-state index in [1.807, 2.05) is 66.7 Å². The van der Waals surface area contributed by atoms with Gasteiger partial charge in [-0.25, -0.2) is 0 Å². The average molecular weight is 459 g/mol. The van der Waals surface area contributed by atoms with E-state index < -0.39 is 0 Å². The fourth-order valence-electron chi connectivity index (χ4n) is 4.07. The maximum atomic E-state index is 13.6. The number of ether oxygens (including phenoxy) is 2. The minimum atomic E-state index is -0.136. The summed E-state index contributed by atoms with van der Waals surface area (Å²) in [6.07, 6.45) is 2.38. The summed E-state index contributed by atoms with van der Waals surface area (Å²) in [7, 11) is 1.58. The monoisotopic (exact) mass is 458 g/mol. The van der Waals surface area contributed by atoms with Crippen LogP contribution >= 0.6 is 0 Å². The molecule has 0 aliphatic carbocycles. The van der Waals surface area contributed by atoms with Gasteiger partial charge in [0.05, 0.1) is 26.2 Å². The number of hydrogen-bond acceptors (Lipinski definition) is 4. The fraction of sp³-hybridized carbons (Fsp3) is 0.286. The summed E-state index contributed by atoms with van der Waals surface area (Å²) >= 11 is 0. The Morgan fingerprint density at radius 3 is 2.56 bits per heavy atom. The molecule has 34 heavy (non-hydrogen) atoms. The summed E-state index contributed by atoms with van der Waals surface area (Å²) in [5.74, 6) is 0.436. The van der Waals surface area contributed by atoms with Crippen molar-refractivity contribution in [2.24, 2.45) is 0 Å². The van der Waals surface area contributed by atoms with Crippen LogP contribution in [0.25, 0.3) is 0 Å². The highest BCUT2D eigenvalue weighted by Gasteiger charge is 2.20. The van der Waals surface area contributed by atoms with Crippen molar-refractivity contribution in [3.05, 3.63) is 95.6 Å². The summed E-state index contributed by atoms with van der Waals surface area (Å²) in [5, 5.41) is 2.96. The van der Waals surface area contributed by atoms with Crippen LogP contribution in [0.15, 0.2) is 78.9 Å². The normalized spacial score (nSPS) is 15.0. The lowest BCUT2D eigenvalue weighted by atomic mass is 10.1. The third-order valence-corrected chi connectivity index (χ3v) is 5.88. The number of methoxy groups -OCH3 is 1. The van der Waals surface area contributed by atoms with Crippen LogP contribution in [0.3, 0.4) is 0 Å². The number of rotatable bonds is 9. The summed E-state index contributed by atoms with van der Waals surface area (Å²) in [4.78, 5) is 27.8. The molecule has 0 radical (unpaired) electrons. The minimum absolute atomic E-state index is 0.0543. The molecule has 2 amide bonds. The fourth-order valence-corrected chi connectivity index (χ4v) is 4.07. The van der Waals surface area contributed by atoms with Gasteiger partial charge in [-0.3, -0.25) is 9.59 Å². The van der Waals surface area contributed by atoms with E-state index in [0.717, 1.165) is 36.3 Å². The number of nitrogens with zero attached hydrogens (tertiary/aromatic N) is 1. The molecule has 1 aliphatic heterocycles. The number of nitrogens with one attached hydrogen (secondary N) is 1. The average Bonchev–Trinajstić information content (AvgIpc) is 3.40. The largest absolute Gasteiger partial charge is 0.497 e. The van der Waals surface area contributed by atoms with Gasteiger partial charge in [0.25, 0.3) is 5.91 Å². The van der Waals surface area contributed by atoms with Crippen LogP contribution in [0, 0.1) is 0 Å². The molecule has 0 bridgehead atoms. The number of benzene rings is 3. The molecule has 1 atom stereocenters. The van der Waals surface area contributed by atoms with E-state index >= 15 is 0 Å². The predicted octanol–water partition coefficient (Wildman–Crippen LogP) is 4.38. The van der Waals surface area contributed by atoms with E-state index in [1.54, 1.807) is 24.1 Å². The Kier molecular flexibility index (Phi) is 7.94. The first kappa shape index (κ1) is 23.5. The highest BCUT2D eigenvalue weighted by molar-refractivity contribution is 6.06. The van der Waals surface area contributed by atoms with Gasteiger partial charge in [-0.05, 0) is 54.3 Å². The van der Waals surface area contributed by atoms with Gasteiger partial charge in [0.1, 0.15) is 5.75 Å². The molecule has 6 nitrogen and oxygen atoms in total. The lowest BCUT2D eigenvalue weighted by Crippen LogP contribution is -2.33. The molecule has 1 fully saturated rings. The molecule has 176 valence electrons. The van der Waals surface area contributed by atoms with Crippen molar-refractivity contribution >= 4 is 17.5 Å². The first-order valence-electron chi connectivity index (χ1n) is 11.6. The highest BCUT2D eigenvalue weighted by Crippen LogP contribution is 2.24. The van der Waals surface area contributed by atoms with Crippen molar-refractivity contribution in [3.8, 4) is 5.75 Å². The van der Waals surface area contributed by atoms with Crippen molar-refractivity contribution in [2.75, 3.05) is 25.2 Å². The van der Waals surface area contributed by atoms with Gasteiger partial charge < -0.3 is 19.7 Å². The van der Waals surface area contributed by atoms with E-state index in [4.69, 9.17) is 9.47 Å². The molecule has 6 heteroatoms. The van der Waals surface area contributed by atoms with E-state index in [1.165, 1.54) is 0 Å². The van der Waals surface area contributed by atoms with Crippen LogP contribution < -0.4 is 15.0 Å². The molecule has 0 unspecified atom stereocenters. The van der Waals surface area contributed by atoms with Crippen molar-refractivity contribution in [3.63, 3.8) is 0 Å². The molecular formula is C28H30N2O4. The lowest BCUT2D eigenvalue weighted by Gasteiger charge is -2.24. The molecule has 0 saturated carbocycles. The van der Waals surface area contributed by atoms with Crippen LogP contribution in [0.2, 0.25) is 0 Å². The van der Waals surface area contributed by atoms with Crippen LogP contribution in [-0.2, 0) is 22.5 Å². The van der Waals surface area contributed by atoms with Crippen LogP contribution in [0.1, 0.15) is 34.3 Å². The minimum Gasteiger partial charge on any atom is -0.497 e. The molecule has 3 aromatic carbocycles. The predicted molar refractivity (Wildman–Crippen MR) is 132 cm³/mol. The number of hydrogen-bond donors (Lipinski definition) is 1. The second-order valence-electron chi connectivity index (χ2n) is 8.39. The zero-order chi connectivity index (χ0) is 23.8. The standard InChI is InChI=1S/C28H30N2O4/c1-33-25-13-6-11-23(18-25)28(32)30(20-21-8-3-2-4-9-21)24-12-5-10-22(16-24)17-27(31)29-19-26-14-7-15-34-26/h2-6,8-13,16,18,26H,7,14-15,17,19-20H2,1H3,(H,29,31)/t26-/m0/s1. The van der Waals surface area contributed by atoms with Crippen LogP contribution in [0.5, 0.6) is 5.75 Å². The number of carbonyl (C=O) groups excluding carboxylic acids is 2. The number of anilines is 1. The Hall–Kier alpha value is -3.64. The number of carbonyl (C=O) groups is 2. The summed E-state index contributed by atoms with van der Waals surface area (Å²) in [6, 6.07) is 24.6. The summed E-state index contributed by atoms with van der Waals surface area (Å²) < 4.78 is 10.9. The van der Waals surface area contributed by atoms with E-state index in [9.17, 15) is 9.59 Å². The van der Waals surface area contributed by atoms with Crippen molar-refractivity contribution < 1.29 is 19.1 Å². The van der Waals surface area contributed by atoms with Gasteiger partial charge >= 0.3 is 0 Å². The van der Waals surface area contributed by atoms with Gasteiger partial charge in [-0.15, -0.1) is 0 Å². The highest BCUT2D eigenvalue weighted by atomic mass is 16.5. The van der Waals surface area contributed by atoms with Crippen molar-refractivity contribution in [1.29, 1.82) is 0 Å². The summed E-state index contributed by atoms with van der Waals surface area (Å²) in [6.45, 7) is 1.71. The maximum absolute atomic E-state index is 13.6. The van der Waals surface area contributed by atoms with Gasteiger partial charge in [0.15, 0.2) is 0 Å². The molecular weight excluding hydrogens is 428 g/mol. The molecule has 1 heterocycles. The first-order valence-corrected chi connectivity index (χ1v) is 11.6. The third kappa shape index (κ3) is 6.23. The topological polar surface area (TPSA) is 67.9 Å². The van der Waals surface area contributed by atoms with E-state index in [2.05, 4.69) is 5.32 Å². The third-order valence-electron chi connectivity index (χ3n) is 5.88. The molecule has 0 spiro atoms. The van der Waals surface area contributed by atoms with Crippen LogP contribution in [0.4, 0.5) is 5.69 Å². The van der Waals surface area contributed by atoms with E-state index in [-0.39, 0.29) is 24.3 Å². The maximum Gasteiger partial charge on any atom is 0.258 e. The zero-order valence-electron chi connectivity index (χ0n) is 19.4. The van der Waals surface area contributed by atoms with Crippen LogP contribution in [-0.4, -0.2) is 38.2 Å². The molecule has 0 aromatic heterocycles. The SMILES string of the molecule is COc1cccc(C(=O)N(Cc2ccccc2)c2cccc(CC(=O)NC[C@@H]3CCCO3)c2)c1. The Labute approximate surface area is 200 Å². The van der Waals surface area contributed by atoms with Gasteiger partial charge in [-0.2, -0.15) is 0 Å². The first-order chi connectivity index (χ1) is 16.6. The van der Waals surface area contributed by atoms with Gasteiger partial charge in [0, 0.05) is 24.4 Å². The molecule has 1 saturated heterocycles. The quantitative estimate of drug-likeness (QED) is 0.517. The summed E-state index contributed by atoms with van der Waals surface area (Å²) in [5.41, 5.74) is 3.13. The smallest absolute Gasteiger partial charge is 0.258 e. The van der Waals surface area contributed by atoms with E-state index in [0.29, 0.717) is 24.4 Å². The van der Waals surface area contributed by atoms with Crippen molar-refractivity contribution in [2.45, 2.75) is 31.9 Å². The Morgan fingerprint density at radius 2 is 1.79 bits per heavy atom. The zero-order valence-corrected chi connectivity index (χ0v) is 19.4. The second-order valence-corrected chi connectivity index (χ2v) is 8.39. The molecule has 3 aromatic rings. The Morgan fingerprint density at radius 1 is 1.00 bits per heavy atom. The Bertz CT molecular complexity index is 1110. The Balaban J connectivity index is 1.54. The molecule has 1 aliphatic rings. The second kappa shape index (κ2) is 11.5.